The maximum absolute atomic E-state index is 12.1. The van der Waals surface area contributed by atoms with Crippen LogP contribution < -0.4 is 10.6 Å². The molecule has 3 unspecified atom stereocenters. The minimum absolute atomic E-state index is 0. The van der Waals surface area contributed by atoms with E-state index < -0.39 is 0 Å². The summed E-state index contributed by atoms with van der Waals surface area (Å²) >= 11 is 1.92. The van der Waals surface area contributed by atoms with Crippen LogP contribution in [-0.2, 0) is 9.53 Å². The van der Waals surface area contributed by atoms with Gasteiger partial charge in [0.2, 0.25) is 5.91 Å². The fourth-order valence-corrected chi connectivity index (χ4v) is 3.90. The van der Waals surface area contributed by atoms with E-state index in [1.54, 1.807) is 7.11 Å². The summed E-state index contributed by atoms with van der Waals surface area (Å²) in [6.45, 7) is 7.47. The van der Waals surface area contributed by atoms with Crippen molar-refractivity contribution >= 4 is 30.1 Å². The van der Waals surface area contributed by atoms with Gasteiger partial charge in [0.1, 0.15) is 0 Å². The molecule has 2 aliphatic rings. The quantitative estimate of drug-likeness (QED) is 0.829. The maximum atomic E-state index is 12.1. The van der Waals surface area contributed by atoms with Gasteiger partial charge in [-0.15, -0.1) is 12.4 Å². The van der Waals surface area contributed by atoms with E-state index in [-0.39, 0.29) is 35.4 Å². The molecule has 1 heterocycles. The molecule has 1 saturated carbocycles. The van der Waals surface area contributed by atoms with Crippen molar-refractivity contribution in [1.82, 2.24) is 10.6 Å². The Balaban J connectivity index is 0.00000200. The van der Waals surface area contributed by atoms with E-state index in [9.17, 15) is 4.79 Å². The lowest BCUT2D eigenvalue weighted by atomic mass is 9.56. The first-order valence-electron chi connectivity index (χ1n) is 7.05. The Kier molecular flexibility index (Phi) is 6.20. The molecule has 0 radical (unpaired) electrons. The number of carbonyl (C=O) groups excluding carboxylic acids is 1. The molecular formula is C14H27ClN2O2S. The Hall–Kier alpha value is 0.0300. The van der Waals surface area contributed by atoms with Gasteiger partial charge < -0.3 is 15.4 Å². The molecule has 1 aliphatic heterocycles. The molecule has 4 nitrogen and oxygen atoms in total. The van der Waals surface area contributed by atoms with Crippen LogP contribution in [0.2, 0.25) is 0 Å². The van der Waals surface area contributed by atoms with Crippen molar-refractivity contribution < 1.29 is 9.53 Å². The van der Waals surface area contributed by atoms with Gasteiger partial charge >= 0.3 is 0 Å². The topological polar surface area (TPSA) is 50.4 Å². The zero-order valence-electron chi connectivity index (χ0n) is 12.8. The molecule has 0 spiro atoms. The Bertz CT molecular complexity index is 348. The number of thioether (sulfide) groups is 1. The summed E-state index contributed by atoms with van der Waals surface area (Å²) in [5, 5.41) is 6.58. The molecule has 0 aromatic heterocycles. The molecule has 1 saturated heterocycles. The predicted molar refractivity (Wildman–Crippen MR) is 86.7 cm³/mol. The molecule has 2 N–H and O–H groups in total. The molecule has 2 fully saturated rings. The number of hydrogen-bond acceptors (Lipinski definition) is 4. The van der Waals surface area contributed by atoms with Crippen LogP contribution in [0.15, 0.2) is 0 Å². The summed E-state index contributed by atoms with van der Waals surface area (Å²) < 4.78 is 5.58. The Morgan fingerprint density at radius 1 is 1.45 bits per heavy atom. The van der Waals surface area contributed by atoms with Crippen LogP contribution in [0, 0.1) is 5.41 Å². The van der Waals surface area contributed by atoms with Gasteiger partial charge in [-0.1, -0.05) is 13.8 Å². The maximum Gasteiger partial charge on any atom is 0.221 e. The first-order valence-corrected chi connectivity index (χ1v) is 8.20. The second-order valence-corrected chi connectivity index (χ2v) is 7.56. The largest absolute Gasteiger partial charge is 0.378 e. The minimum Gasteiger partial charge on any atom is -0.378 e. The molecule has 3 atom stereocenters. The van der Waals surface area contributed by atoms with Crippen molar-refractivity contribution in [3.63, 3.8) is 0 Å². The zero-order chi connectivity index (χ0) is 14.1. The van der Waals surface area contributed by atoms with Crippen LogP contribution in [0.5, 0.6) is 0 Å². The fourth-order valence-electron chi connectivity index (χ4n) is 2.95. The Morgan fingerprint density at radius 2 is 2.15 bits per heavy atom. The Morgan fingerprint density at radius 3 is 2.65 bits per heavy atom. The third kappa shape index (κ3) is 3.43. The highest BCUT2D eigenvalue weighted by Gasteiger charge is 2.58. The summed E-state index contributed by atoms with van der Waals surface area (Å²) in [4.78, 5) is 12.1. The average Bonchev–Trinajstić information content (AvgIpc) is 2.39. The fraction of sp³-hybridized carbons (Fsp3) is 0.929. The number of ether oxygens (including phenoxy) is 1. The molecule has 0 bridgehead atoms. The van der Waals surface area contributed by atoms with E-state index in [1.807, 2.05) is 11.8 Å². The third-order valence-electron chi connectivity index (χ3n) is 5.04. The summed E-state index contributed by atoms with van der Waals surface area (Å²) in [5.41, 5.74) is -0.129. The second-order valence-electron chi connectivity index (χ2n) is 6.41. The predicted octanol–water partition coefficient (Wildman–Crippen LogP) is 1.82. The van der Waals surface area contributed by atoms with Crippen LogP contribution in [0.1, 0.15) is 33.6 Å². The standard InChI is InChI=1S/C14H26N2O2S.ClH/c1-13(2)11(8-14(13,3)18-4)16-12(17)7-10-9-19-6-5-15-10;/h10-11,15H,5-9H2,1-4H3,(H,16,17);1H. The lowest BCUT2D eigenvalue weighted by Gasteiger charge is -2.59. The van der Waals surface area contributed by atoms with Gasteiger partial charge in [-0.2, -0.15) is 11.8 Å². The molecule has 0 aromatic rings. The van der Waals surface area contributed by atoms with Crippen molar-refractivity contribution in [2.45, 2.75) is 51.3 Å². The average molecular weight is 323 g/mol. The lowest BCUT2D eigenvalue weighted by Crippen LogP contribution is -2.68. The molecule has 0 aromatic carbocycles. The highest BCUT2D eigenvalue weighted by molar-refractivity contribution is 7.99. The van der Waals surface area contributed by atoms with Crippen LogP contribution >= 0.6 is 24.2 Å². The van der Waals surface area contributed by atoms with E-state index in [0.29, 0.717) is 12.5 Å². The SMILES string of the molecule is COC1(C)CC(NC(=O)CC2CSCCN2)C1(C)C.Cl. The van der Waals surface area contributed by atoms with Gasteiger partial charge in [-0.25, -0.2) is 0 Å². The smallest absolute Gasteiger partial charge is 0.221 e. The van der Waals surface area contributed by atoms with E-state index in [1.165, 1.54) is 0 Å². The number of carbonyl (C=O) groups is 1. The number of rotatable bonds is 4. The number of hydrogen-bond donors (Lipinski definition) is 2. The Labute approximate surface area is 132 Å². The van der Waals surface area contributed by atoms with Gasteiger partial charge in [-0.3, -0.25) is 4.79 Å². The van der Waals surface area contributed by atoms with Gasteiger partial charge in [0, 0.05) is 49.1 Å². The van der Waals surface area contributed by atoms with E-state index in [4.69, 9.17) is 4.74 Å². The summed E-state index contributed by atoms with van der Waals surface area (Å²) in [5.74, 6) is 2.35. The van der Waals surface area contributed by atoms with Crippen molar-refractivity contribution in [1.29, 1.82) is 0 Å². The molecule has 118 valence electrons. The molecule has 1 amide bonds. The number of amides is 1. The van der Waals surface area contributed by atoms with E-state index >= 15 is 0 Å². The summed E-state index contributed by atoms with van der Waals surface area (Å²) in [6, 6.07) is 0.553. The van der Waals surface area contributed by atoms with Crippen molar-refractivity contribution in [3.05, 3.63) is 0 Å². The molecule has 20 heavy (non-hydrogen) atoms. The van der Waals surface area contributed by atoms with Gasteiger partial charge in [0.25, 0.3) is 0 Å². The summed E-state index contributed by atoms with van der Waals surface area (Å²) in [6.07, 6.45) is 1.48. The third-order valence-corrected chi connectivity index (χ3v) is 6.17. The van der Waals surface area contributed by atoms with Gasteiger partial charge in [0.15, 0.2) is 0 Å². The van der Waals surface area contributed by atoms with Crippen LogP contribution in [-0.4, -0.2) is 48.8 Å². The minimum atomic E-state index is -0.121. The van der Waals surface area contributed by atoms with E-state index in [0.717, 1.165) is 24.5 Å². The van der Waals surface area contributed by atoms with Crippen molar-refractivity contribution in [2.75, 3.05) is 25.2 Å². The second kappa shape index (κ2) is 6.86. The highest BCUT2D eigenvalue weighted by atomic mass is 35.5. The van der Waals surface area contributed by atoms with Crippen LogP contribution in [0.4, 0.5) is 0 Å². The number of halogens is 1. The number of nitrogens with one attached hydrogen (secondary N) is 2. The normalized spacial score (nSPS) is 35.6. The highest BCUT2D eigenvalue weighted by Crippen LogP contribution is 2.51. The monoisotopic (exact) mass is 322 g/mol. The lowest BCUT2D eigenvalue weighted by molar-refractivity contribution is -0.182. The number of methoxy groups -OCH3 is 1. The van der Waals surface area contributed by atoms with Gasteiger partial charge in [0.05, 0.1) is 5.60 Å². The molecule has 1 aliphatic carbocycles. The molecule has 6 heteroatoms. The first kappa shape index (κ1) is 18.1. The summed E-state index contributed by atoms with van der Waals surface area (Å²) in [7, 11) is 1.75. The van der Waals surface area contributed by atoms with Crippen molar-refractivity contribution in [2.24, 2.45) is 5.41 Å². The molecular weight excluding hydrogens is 296 g/mol. The molecule has 2 rings (SSSR count). The van der Waals surface area contributed by atoms with Crippen molar-refractivity contribution in [3.8, 4) is 0 Å². The van der Waals surface area contributed by atoms with Crippen LogP contribution in [0.25, 0.3) is 0 Å². The van der Waals surface area contributed by atoms with Crippen LogP contribution in [0.3, 0.4) is 0 Å². The first-order chi connectivity index (χ1) is 8.89. The van der Waals surface area contributed by atoms with E-state index in [2.05, 4.69) is 31.4 Å². The zero-order valence-corrected chi connectivity index (χ0v) is 14.5. The van der Waals surface area contributed by atoms with Gasteiger partial charge in [-0.05, 0) is 13.3 Å².